The first kappa shape index (κ1) is 26.1. The van der Waals surface area contributed by atoms with Crippen molar-refractivity contribution in [3.05, 3.63) is 102 Å². The fraction of sp³-hybridized carbons (Fsp3) is 0.406. The number of para-hydroxylation sites is 2. The van der Waals surface area contributed by atoms with E-state index in [2.05, 4.69) is 64.6 Å². The van der Waals surface area contributed by atoms with Gasteiger partial charge in [-0.15, -0.1) is 0 Å². The quantitative estimate of drug-likeness (QED) is 0.143. The van der Waals surface area contributed by atoms with E-state index in [1.165, 1.54) is 50.5 Å². The van der Waals surface area contributed by atoms with Crippen molar-refractivity contribution in [3.8, 4) is 0 Å². The molecule has 0 aliphatic heterocycles. The van der Waals surface area contributed by atoms with E-state index < -0.39 is 6.10 Å². The van der Waals surface area contributed by atoms with Gasteiger partial charge in [-0.3, -0.25) is 0 Å². The van der Waals surface area contributed by atoms with Crippen molar-refractivity contribution >= 4 is 11.0 Å². The lowest BCUT2D eigenvalue weighted by atomic mass is 10.1. The molecule has 0 saturated heterocycles. The molecule has 190 valence electrons. The van der Waals surface area contributed by atoms with Gasteiger partial charge in [-0.1, -0.05) is 125 Å². The van der Waals surface area contributed by atoms with Crippen LogP contribution in [0.3, 0.4) is 0 Å². The van der Waals surface area contributed by atoms with Gasteiger partial charge >= 0.3 is 0 Å². The lowest BCUT2D eigenvalue weighted by molar-refractivity contribution is -0.674. The molecule has 0 aliphatic carbocycles. The van der Waals surface area contributed by atoms with Crippen LogP contribution in [0.2, 0.25) is 0 Å². The van der Waals surface area contributed by atoms with Gasteiger partial charge in [0.15, 0.2) is 23.9 Å². The molecule has 0 fully saturated rings. The SMILES string of the molecule is CCCCCCCCCCOCn1c(C(O)c2ccccc2)[n+](Cc2ccccc2)c2ccccc21. The zero-order valence-electron chi connectivity index (χ0n) is 21.7. The van der Waals surface area contributed by atoms with E-state index >= 15 is 0 Å². The molecule has 0 saturated carbocycles. The fourth-order valence-corrected chi connectivity index (χ4v) is 4.95. The molecule has 0 aliphatic rings. The number of aliphatic hydroxyl groups is 1. The number of imidazole rings is 1. The highest BCUT2D eigenvalue weighted by Crippen LogP contribution is 2.25. The van der Waals surface area contributed by atoms with Crippen LogP contribution >= 0.6 is 0 Å². The Morgan fingerprint density at radius 1 is 0.750 bits per heavy atom. The number of aliphatic hydroxyl groups excluding tert-OH is 1. The molecule has 0 bridgehead atoms. The minimum Gasteiger partial charge on any atom is -0.376 e. The first-order chi connectivity index (χ1) is 17.8. The number of rotatable bonds is 15. The number of hydrogen-bond acceptors (Lipinski definition) is 2. The number of ether oxygens (including phenoxy) is 1. The molecule has 4 aromatic rings. The van der Waals surface area contributed by atoms with Crippen LogP contribution in [-0.4, -0.2) is 16.3 Å². The van der Waals surface area contributed by atoms with Crippen LogP contribution in [0.5, 0.6) is 0 Å². The van der Waals surface area contributed by atoms with Gasteiger partial charge in [0, 0.05) is 0 Å². The highest BCUT2D eigenvalue weighted by molar-refractivity contribution is 5.72. The monoisotopic (exact) mass is 485 g/mol. The third kappa shape index (κ3) is 6.83. The topological polar surface area (TPSA) is 38.3 Å². The molecule has 3 aromatic carbocycles. The first-order valence-electron chi connectivity index (χ1n) is 13.6. The Morgan fingerprint density at radius 2 is 1.36 bits per heavy atom. The molecule has 1 aromatic heterocycles. The van der Waals surface area contributed by atoms with Crippen LogP contribution in [-0.2, 0) is 18.0 Å². The number of fused-ring (bicyclic) bond motifs is 1. The lowest BCUT2D eigenvalue weighted by Gasteiger charge is -2.12. The van der Waals surface area contributed by atoms with Gasteiger partial charge in [0.1, 0.15) is 6.54 Å². The zero-order valence-corrected chi connectivity index (χ0v) is 21.7. The van der Waals surface area contributed by atoms with Crippen LogP contribution < -0.4 is 4.57 Å². The number of nitrogens with zero attached hydrogens (tertiary/aromatic N) is 2. The summed E-state index contributed by atoms with van der Waals surface area (Å²) < 4.78 is 10.6. The average molecular weight is 486 g/mol. The maximum Gasteiger partial charge on any atom is 0.293 e. The highest BCUT2D eigenvalue weighted by atomic mass is 16.5. The Morgan fingerprint density at radius 3 is 2.08 bits per heavy atom. The summed E-state index contributed by atoms with van der Waals surface area (Å²) in [6.45, 7) is 4.11. The van der Waals surface area contributed by atoms with Gasteiger partial charge in [-0.05, 0) is 29.7 Å². The number of hydrogen-bond donors (Lipinski definition) is 1. The molecule has 0 amide bonds. The van der Waals surface area contributed by atoms with Crippen molar-refractivity contribution in [2.24, 2.45) is 0 Å². The summed E-state index contributed by atoms with van der Waals surface area (Å²) in [5.74, 6) is 0.849. The number of unbranched alkanes of at least 4 members (excludes halogenated alkanes) is 7. The van der Waals surface area contributed by atoms with Gasteiger partial charge < -0.3 is 9.84 Å². The number of aromatic nitrogens is 2. The van der Waals surface area contributed by atoms with Gasteiger partial charge in [-0.25, -0.2) is 4.57 Å². The summed E-state index contributed by atoms with van der Waals surface area (Å²) in [5, 5.41) is 11.6. The summed E-state index contributed by atoms with van der Waals surface area (Å²) in [6, 6.07) is 28.7. The maximum atomic E-state index is 11.6. The Hall–Kier alpha value is -2.95. The molecule has 1 N–H and O–H groups in total. The van der Waals surface area contributed by atoms with Crippen molar-refractivity contribution in [1.29, 1.82) is 0 Å². The number of benzene rings is 3. The zero-order chi connectivity index (χ0) is 25.0. The molecular formula is C32H41N2O2+. The third-order valence-corrected chi connectivity index (χ3v) is 6.92. The second-order valence-corrected chi connectivity index (χ2v) is 9.67. The van der Waals surface area contributed by atoms with Crippen molar-refractivity contribution in [2.45, 2.75) is 77.7 Å². The second kappa shape index (κ2) is 14.0. The standard InChI is InChI=1S/C32H41N2O2/c1-2-3-4-5-6-7-8-17-24-36-26-34-30-23-16-15-22-29(30)33(25-27-18-11-9-12-19-27)32(34)31(35)28-20-13-10-14-21-28/h9-16,18-23,31,35H,2-8,17,24-26H2,1H3/q+1. The van der Waals surface area contributed by atoms with Crippen molar-refractivity contribution in [1.82, 2.24) is 4.57 Å². The van der Waals surface area contributed by atoms with E-state index in [0.29, 0.717) is 13.3 Å². The van der Waals surface area contributed by atoms with Crippen LogP contribution in [0.4, 0.5) is 0 Å². The van der Waals surface area contributed by atoms with E-state index in [1.807, 2.05) is 36.4 Å². The predicted octanol–water partition coefficient (Wildman–Crippen LogP) is 7.17. The molecule has 0 radical (unpaired) electrons. The minimum atomic E-state index is -0.756. The lowest BCUT2D eigenvalue weighted by Crippen LogP contribution is -2.40. The van der Waals surface area contributed by atoms with Gasteiger partial charge in [-0.2, -0.15) is 4.57 Å². The Kier molecular flexibility index (Phi) is 10.1. The van der Waals surface area contributed by atoms with Crippen LogP contribution in [0.15, 0.2) is 84.9 Å². The van der Waals surface area contributed by atoms with E-state index in [1.54, 1.807) is 0 Å². The normalized spacial score (nSPS) is 12.3. The third-order valence-electron chi connectivity index (χ3n) is 6.92. The molecule has 36 heavy (non-hydrogen) atoms. The minimum absolute atomic E-state index is 0.429. The highest BCUT2D eigenvalue weighted by Gasteiger charge is 2.31. The van der Waals surface area contributed by atoms with Crippen molar-refractivity contribution in [2.75, 3.05) is 6.61 Å². The summed E-state index contributed by atoms with van der Waals surface area (Å²) in [6.07, 6.45) is 9.52. The van der Waals surface area contributed by atoms with Crippen molar-refractivity contribution < 1.29 is 14.4 Å². The molecular weight excluding hydrogens is 444 g/mol. The molecule has 1 unspecified atom stereocenters. The molecule has 4 nitrogen and oxygen atoms in total. The van der Waals surface area contributed by atoms with Crippen LogP contribution in [0.25, 0.3) is 11.0 Å². The second-order valence-electron chi connectivity index (χ2n) is 9.67. The summed E-state index contributed by atoms with van der Waals surface area (Å²) >= 11 is 0. The fourth-order valence-electron chi connectivity index (χ4n) is 4.95. The Bertz CT molecular complexity index is 1170. The van der Waals surface area contributed by atoms with E-state index in [0.717, 1.165) is 35.4 Å². The maximum absolute atomic E-state index is 11.6. The van der Waals surface area contributed by atoms with Gasteiger partial charge in [0.2, 0.25) is 0 Å². The van der Waals surface area contributed by atoms with E-state index in [9.17, 15) is 5.11 Å². The first-order valence-corrected chi connectivity index (χ1v) is 13.6. The van der Waals surface area contributed by atoms with Gasteiger partial charge in [0.25, 0.3) is 5.82 Å². The summed E-state index contributed by atoms with van der Waals surface area (Å²) in [4.78, 5) is 0. The molecule has 1 atom stereocenters. The van der Waals surface area contributed by atoms with Gasteiger partial charge in [0.05, 0.1) is 6.61 Å². The molecule has 4 heteroatoms. The van der Waals surface area contributed by atoms with E-state index in [4.69, 9.17) is 4.74 Å². The van der Waals surface area contributed by atoms with E-state index in [-0.39, 0.29) is 0 Å². The smallest absolute Gasteiger partial charge is 0.293 e. The predicted molar refractivity (Wildman–Crippen MR) is 147 cm³/mol. The molecule has 0 spiro atoms. The Balaban J connectivity index is 1.53. The van der Waals surface area contributed by atoms with Crippen molar-refractivity contribution in [3.63, 3.8) is 0 Å². The van der Waals surface area contributed by atoms with Crippen LogP contribution in [0, 0.1) is 0 Å². The average Bonchev–Trinajstić information content (AvgIpc) is 3.23. The van der Waals surface area contributed by atoms with Crippen LogP contribution in [0.1, 0.15) is 81.3 Å². The Labute approximate surface area is 216 Å². The molecule has 1 heterocycles. The molecule has 4 rings (SSSR count). The summed E-state index contributed by atoms with van der Waals surface area (Å²) in [7, 11) is 0. The summed E-state index contributed by atoms with van der Waals surface area (Å²) in [5.41, 5.74) is 4.26. The largest absolute Gasteiger partial charge is 0.376 e.